The molecule has 0 spiro atoms. The highest BCUT2D eigenvalue weighted by Gasteiger charge is 2.22. The van der Waals surface area contributed by atoms with Gasteiger partial charge in [-0.1, -0.05) is 102 Å². The van der Waals surface area contributed by atoms with Crippen LogP contribution in [0.1, 0.15) is 137 Å². The molecule has 0 saturated carbocycles. The van der Waals surface area contributed by atoms with Gasteiger partial charge in [0.25, 0.3) is 0 Å². The molecular weight excluding hydrogens is 472 g/mol. The van der Waals surface area contributed by atoms with E-state index in [2.05, 4.69) is 13.8 Å². The van der Waals surface area contributed by atoms with E-state index in [-0.39, 0.29) is 0 Å². The van der Waals surface area contributed by atoms with Gasteiger partial charge < -0.3 is 9.47 Å². The summed E-state index contributed by atoms with van der Waals surface area (Å²) in [4.78, 5) is 25.2. The minimum atomic E-state index is -0.554. The molecule has 2 aromatic carbocycles. The summed E-state index contributed by atoms with van der Waals surface area (Å²) in [5.74, 6) is -0.795. The van der Waals surface area contributed by atoms with Crippen LogP contribution in [0.5, 0.6) is 0 Å². The largest absolute Gasteiger partial charge is 0.455 e. The Hall–Kier alpha value is -2.62. The zero-order chi connectivity index (χ0) is 27.6. The maximum absolute atomic E-state index is 12.6. The first kappa shape index (κ1) is 31.6. The van der Waals surface area contributed by atoms with Crippen LogP contribution in [0.25, 0.3) is 0 Å². The summed E-state index contributed by atoms with van der Waals surface area (Å²) >= 11 is 0. The Balaban J connectivity index is 1.72. The van der Waals surface area contributed by atoms with Crippen LogP contribution in [-0.2, 0) is 22.3 Å². The lowest BCUT2D eigenvalue weighted by Crippen LogP contribution is -2.30. The zero-order valence-electron chi connectivity index (χ0n) is 24.3. The van der Waals surface area contributed by atoms with Gasteiger partial charge in [0.1, 0.15) is 12.2 Å². The molecule has 0 heterocycles. The van der Waals surface area contributed by atoms with Gasteiger partial charge in [-0.2, -0.15) is 0 Å². The fourth-order valence-corrected chi connectivity index (χ4v) is 4.50. The van der Waals surface area contributed by atoms with Crippen molar-refractivity contribution in [2.45, 2.75) is 130 Å². The molecule has 2 aromatic rings. The third-order valence-electron chi connectivity index (χ3n) is 7.26. The minimum absolute atomic E-state index is 0.398. The number of aryl methyl sites for hydroxylation is 2. The van der Waals surface area contributed by atoms with Gasteiger partial charge in [0.15, 0.2) is 0 Å². The molecule has 0 fully saturated rings. The minimum Gasteiger partial charge on any atom is -0.455 e. The lowest BCUT2D eigenvalue weighted by Gasteiger charge is -2.21. The first-order chi connectivity index (χ1) is 18.4. The summed E-state index contributed by atoms with van der Waals surface area (Å²) in [6.45, 7) is 7.98. The molecule has 0 aliphatic rings. The molecule has 2 rings (SSSR count). The lowest BCUT2D eigenvalue weighted by molar-refractivity contribution is -0.0239. The third-order valence-corrected chi connectivity index (χ3v) is 7.26. The van der Waals surface area contributed by atoms with E-state index in [1.807, 2.05) is 48.5 Å². The van der Waals surface area contributed by atoms with Gasteiger partial charge in [0.05, 0.1) is 11.1 Å². The Bertz CT molecular complexity index is 839. The average molecular weight is 523 g/mol. The summed E-state index contributed by atoms with van der Waals surface area (Å²) in [5, 5.41) is 0. The molecule has 0 aliphatic heterocycles. The molecule has 2 atom stereocenters. The molecule has 2 unspecified atom stereocenters. The Morgan fingerprint density at radius 3 is 1.18 bits per heavy atom. The van der Waals surface area contributed by atoms with E-state index in [0.29, 0.717) is 11.1 Å². The summed E-state index contributed by atoms with van der Waals surface area (Å²) in [6, 6.07) is 15.3. The van der Waals surface area contributed by atoms with Gasteiger partial charge in [-0.25, -0.2) is 9.59 Å². The van der Waals surface area contributed by atoms with Gasteiger partial charge in [0, 0.05) is 0 Å². The molecule has 4 nitrogen and oxygen atoms in total. The Morgan fingerprint density at radius 2 is 0.842 bits per heavy atom. The van der Waals surface area contributed by atoms with E-state index < -0.39 is 24.1 Å². The predicted molar refractivity (Wildman–Crippen MR) is 157 cm³/mol. The second-order valence-electron chi connectivity index (χ2n) is 10.7. The van der Waals surface area contributed by atoms with Crippen LogP contribution in [0, 0.1) is 0 Å². The summed E-state index contributed by atoms with van der Waals surface area (Å²) in [6.07, 6.45) is 16.2. The highest BCUT2D eigenvalue weighted by atomic mass is 16.6. The molecule has 4 heteroatoms. The molecule has 210 valence electrons. The summed E-state index contributed by atoms with van der Waals surface area (Å²) in [5.41, 5.74) is 3.52. The fourth-order valence-electron chi connectivity index (χ4n) is 4.50. The van der Waals surface area contributed by atoms with E-state index in [1.165, 1.54) is 88.2 Å². The summed E-state index contributed by atoms with van der Waals surface area (Å²) in [7, 11) is 0. The molecule has 0 aliphatic carbocycles. The van der Waals surface area contributed by atoms with Crippen LogP contribution in [0.15, 0.2) is 48.5 Å². The van der Waals surface area contributed by atoms with Crippen molar-refractivity contribution in [3.8, 4) is 0 Å². The van der Waals surface area contributed by atoms with Crippen LogP contribution in [0.4, 0.5) is 0 Å². The van der Waals surface area contributed by atoms with Crippen LogP contribution >= 0.6 is 0 Å². The number of rotatable bonds is 19. The maximum Gasteiger partial charge on any atom is 0.338 e. The van der Waals surface area contributed by atoms with Crippen molar-refractivity contribution in [1.29, 1.82) is 0 Å². The fraction of sp³-hybridized carbons (Fsp3) is 0.588. The van der Waals surface area contributed by atoms with Crippen molar-refractivity contribution in [3.05, 3.63) is 70.8 Å². The predicted octanol–water partition coefficient (Wildman–Crippen LogP) is 9.28. The monoisotopic (exact) mass is 522 g/mol. The van der Waals surface area contributed by atoms with E-state index in [0.717, 1.165) is 12.8 Å². The van der Waals surface area contributed by atoms with E-state index in [1.54, 1.807) is 13.8 Å². The Labute approximate surface area is 231 Å². The average Bonchev–Trinajstić information content (AvgIpc) is 2.93. The molecule has 0 aromatic heterocycles. The van der Waals surface area contributed by atoms with Crippen LogP contribution in [0.3, 0.4) is 0 Å². The molecular formula is C34H50O4. The Kier molecular flexibility index (Phi) is 15.5. The number of unbranched alkanes of at least 4 members (excludes halogenated alkanes) is 10. The third kappa shape index (κ3) is 12.3. The standard InChI is InChI=1S/C34H50O4/c1-5-7-9-11-13-15-17-29-19-23-31(24-20-29)33(35)37-27(3)28(4)38-34(36)32-25-21-30(22-26-32)18-16-14-12-10-8-6-2/h19-28H,5-18H2,1-4H3. The van der Waals surface area contributed by atoms with Gasteiger partial charge >= 0.3 is 11.9 Å². The molecule has 0 radical (unpaired) electrons. The van der Waals surface area contributed by atoms with E-state index >= 15 is 0 Å². The maximum atomic E-state index is 12.6. The van der Waals surface area contributed by atoms with Gasteiger partial charge in [0.2, 0.25) is 0 Å². The van der Waals surface area contributed by atoms with E-state index in [4.69, 9.17) is 9.47 Å². The zero-order valence-corrected chi connectivity index (χ0v) is 24.3. The van der Waals surface area contributed by atoms with Crippen molar-refractivity contribution < 1.29 is 19.1 Å². The van der Waals surface area contributed by atoms with Crippen molar-refractivity contribution in [3.63, 3.8) is 0 Å². The number of carbonyl (C=O) groups is 2. The quantitative estimate of drug-likeness (QED) is 0.136. The number of benzene rings is 2. The van der Waals surface area contributed by atoms with Crippen molar-refractivity contribution in [1.82, 2.24) is 0 Å². The number of carbonyl (C=O) groups excluding carboxylic acids is 2. The van der Waals surface area contributed by atoms with Gasteiger partial charge in [-0.05, 0) is 74.9 Å². The van der Waals surface area contributed by atoms with Gasteiger partial charge in [-0.3, -0.25) is 0 Å². The lowest BCUT2D eigenvalue weighted by atomic mass is 10.0. The normalized spacial score (nSPS) is 12.6. The van der Waals surface area contributed by atoms with Crippen LogP contribution in [0.2, 0.25) is 0 Å². The molecule has 38 heavy (non-hydrogen) atoms. The van der Waals surface area contributed by atoms with Crippen molar-refractivity contribution in [2.24, 2.45) is 0 Å². The van der Waals surface area contributed by atoms with Gasteiger partial charge in [-0.15, -0.1) is 0 Å². The SMILES string of the molecule is CCCCCCCCc1ccc(C(=O)OC(C)C(C)OC(=O)c2ccc(CCCCCCCC)cc2)cc1. The molecule has 0 N–H and O–H groups in total. The number of ether oxygens (including phenoxy) is 2. The van der Waals surface area contributed by atoms with Crippen molar-refractivity contribution in [2.75, 3.05) is 0 Å². The first-order valence-electron chi connectivity index (χ1n) is 15.0. The second kappa shape index (κ2) is 18.6. The number of hydrogen-bond acceptors (Lipinski definition) is 4. The highest BCUT2D eigenvalue weighted by molar-refractivity contribution is 5.90. The molecule has 0 amide bonds. The van der Waals surface area contributed by atoms with Crippen LogP contribution in [-0.4, -0.2) is 24.1 Å². The topological polar surface area (TPSA) is 52.6 Å². The molecule has 0 saturated heterocycles. The van der Waals surface area contributed by atoms with E-state index in [9.17, 15) is 9.59 Å². The molecule has 0 bridgehead atoms. The second-order valence-corrected chi connectivity index (χ2v) is 10.7. The van der Waals surface area contributed by atoms with Crippen LogP contribution < -0.4 is 0 Å². The Morgan fingerprint density at radius 1 is 0.526 bits per heavy atom. The number of esters is 2. The van der Waals surface area contributed by atoms with Crippen molar-refractivity contribution >= 4 is 11.9 Å². The smallest absolute Gasteiger partial charge is 0.338 e. The highest BCUT2D eigenvalue weighted by Crippen LogP contribution is 2.16. The first-order valence-corrected chi connectivity index (χ1v) is 15.0. The summed E-state index contributed by atoms with van der Waals surface area (Å²) < 4.78 is 11.2. The number of hydrogen-bond donors (Lipinski definition) is 0.